The fraction of sp³-hybridized carbons (Fsp3) is 0.417. The molecule has 2 aromatic rings. The highest BCUT2D eigenvalue weighted by atomic mass is 16.5. The maximum Gasteiger partial charge on any atom is 0.255 e. The molecule has 3 rings (SSSR count). The number of benzene rings is 2. The molecular formula is C24H30N2O3. The van der Waals surface area contributed by atoms with Crippen molar-refractivity contribution in [2.75, 3.05) is 23.4 Å². The van der Waals surface area contributed by atoms with Gasteiger partial charge in [0.25, 0.3) is 5.91 Å². The number of amides is 2. The van der Waals surface area contributed by atoms with Gasteiger partial charge >= 0.3 is 0 Å². The Kier molecular flexibility index (Phi) is 5.96. The lowest BCUT2D eigenvalue weighted by atomic mass is 9.92. The molecule has 0 saturated heterocycles. The summed E-state index contributed by atoms with van der Waals surface area (Å²) in [5, 5.41) is 2.94. The van der Waals surface area contributed by atoms with E-state index in [0.717, 1.165) is 6.42 Å². The first kappa shape index (κ1) is 20.9. The van der Waals surface area contributed by atoms with E-state index in [1.54, 1.807) is 4.90 Å². The fourth-order valence-electron chi connectivity index (χ4n) is 3.36. The predicted octanol–water partition coefficient (Wildman–Crippen LogP) is 4.91. The van der Waals surface area contributed by atoms with E-state index >= 15 is 0 Å². The number of hydrogen-bond donors (Lipinski definition) is 1. The summed E-state index contributed by atoms with van der Waals surface area (Å²) in [7, 11) is 0. The summed E-state index contributed by atoms with van der Waals surface area (Å²) in [5.41, 5.74) is 2.52. The van der Waals surface area contributed by atoms with Crippen LogP contribution in [0.1, 0.15) is 50.5 Å². The quantitative estimate of drug-likeness (QED) is 0.784. The first-order chi connectivity index (χ1) is 13.7. The van der Waals surface area contributed by atoms with Crippen molar-refractivity contribution < 1.29 is 14.3 Å². The fourth-order valence-corrected chi connectivity index (χ4v) is 3.36. The molecule has 1 aliphatic heterocycles. The van der Waals surface area contributed by atoms with Crippen molar-refractivity contribution in [1.29, 1.82) is 0 Å². The lowest BCUT2D eigenvalue weighted by Gasteiger charge is -2.29. The van der Waals surface area contributed by atoms with Crippen LogP contribution in [-0.2, 0) is 11.2 Å². The molecule has 0 fully saturated rings. The molecule has 0 unspecified atom stereocenters. The zero-order valence-corrected chi connectivity index (χ0v) is 17.9. The van der Waals surface area contributed by atoms with Crippen LogP contribution in [0.4, 0.5) is 11.4 Å². The molecule has 1 N–H and O–H groups in total. The summed E-state index contributed by atoms with van der Waals surface area (Å²) < 4.78 is 5.94. The third kappa shape index (κ3) is 4.61. The van der Waals surface area contributed by atoms with Crippen LogP contribution >= 0.6 is 0 Å². The number of fused-ring (bicyclic) bond motifs is 1. The molecule has 29 heavy (non-hydrogen) atoms. The minimum atomic E-state index is -0.613. The Balaban J connectivity index is 1.90. The second-order valence-corrected chi connectivity index (χ2v) is 8.67. The SMILES string of the molecule is CCc1ccc(C(=O)Nc2ccc3c(c2)N(CC(C)C)C(=O)C(C)(C)CO3)cc1. The predicted molar refractivity (Wildman–Crippen MR) is 117 cm³/mol. The second kappa shape index (κ2) is 8.27. The zero-order chi connectivity index (χ0) is 21.2. The molecule has 1 heterocycles. The molecule has 0 aromatic heterocycles. The van der Waals surface area contributed by atoms with E-state index in [4.69, 9.17) is 4.74 Å². The van der Waals surface area contributed by atoms with Crippen molar-refractivity contribution >= 4 is 23.2 Å². The average Bonchev–Trinajstić information content (AvgIpc) is 2.78. The van der Waals surface area contributed by atoms with Crippen molar-refractivity contribution in [1.82, 2.24) is 0 Å². The molecule has 0 atom stereocenters. The van der Waals surface area contributed by atoms with Crippen molar-refractivity contribution in [2.45, 2.75) is 41.0 Å². The summed E-state index contributed by atoms with van der Waals surface area (Å²) in [5.74, 6) is 0.818. The maximum absolute atomic E-state index is 13.1. The zero-order valence-electron chi connectivity index (χ0n) is 17.9. The monoisotopic (exact) mass is 394 g/mol. The van der Waals surface area contributed by atoms with Gasteiger partial charge in [0.2, 0.25) is 5.91 Å². The topological polar surface area (TPSA) is 58.6 Å². The first-order valence-corrected chi connectivity index (χ1v) is 10.2. The van der Waals surface area contributed by atoms with Gasteiger partial charge in [0.1, 0.15) is 12.4 Å². The average molecular weight is 395 g/mol. The molecule has 154 valence electrons. The van der Waals surface area contributed by atoms with Crippen LogP contribution in [0.15, 0.2) is 42.5 Å². The number of anilines is 2. The maximum atomic E-state index is 13.1. The smallest absolute Gasteiger partial charge is 0.255 e. The van der Waals surface area contributed by atoms with Gasteiger partial charge in [0, 0.05) is 17.8 Å². The number of hydrogen-bond acceptors (Lipinski definition) is 3. The van der Waals surface area contributed by atoms with Gasteiger partial charge in [-0.1, -0.05) is 32.9 Å². The summed E-state index contributed by atoms with van der Waals surface area (Å²) in [6.07, 6.45) is 0.933. The minimum Gasteiger partial charge on any atom is -0.490 e. The standard InChI is InChI=1S/C24H30N2O3/c1-6-17-7-9-18(10-8-17)22(27)25-19-11-12-21-20(13-19)26(14-16(2)3)23(28)24(4,5)15-29-21/h7-13,16H,6,14-15H2,1-5H3,(H,25,27). The number of nitrogens with one attached hydrogen (secondary N) is 1. The number of carbonyl (C=O) groups is 2. The second-order valence-electron chi connectivity index (χ2n) is 8.67. The molecule has 1 aliphatic rings. The van der Waals surface area contributed by atoms with Crippen molar-refractivity contribution in [3.63, 3.8) is 0 Å². The van der Waals surface area contributed by atoms with Crippen LogP contribution in [-0.4, -0.2) is 25.0 Å². The number of aryl methyl sites for hydroxylation is 1. The Morgan fingerprint density at radius 2 is 1.86 bits per heavy atom. The number of nitrogens with zero attached hydrogens (tertiary/aromatic N) is 1. The lowest BCUT2D eigenvalue weighted by Crippen LogP contribution is -2.43. The molecule has 5 heteroatoms. The van der Waals surface area contributed by atoms with Gasteiger partial charge in [-0.15, -0.1) is 0 Å². The van der Waals surface area contributed by atoms with Crippen molar-refractivity contribution in [3.05, 3.63) is 53.6 Å². The lowest BCUT2D eigenvalue weighted by molar-refractivity contribution is -0.127. The summed E-state index contributed by atoms with van der Waals surface area (Å²) >= 11 is 0. The van der Waals surface area contributed by atoms with Crippen LogP contribution in [0.25, 0.3) is 0 Å². The van der Waals surface area contributed by atoms with Gasteiger partial charge in [-0.2, -0.15) is 0 Å². The summed E-state index contributed by atoms with van der Waals surface area (Å²) in [6, 6.07) is 13.1. The molecule has 0 saturated carbocycles. The molecular weight excluding hydrogens is 364 g/mol. The van der Waals surface area contributed by atoms with Gasteiger partial charge in [-0.25, -0.2) is 0 Å². The van der Waals surface area contributed by atoms with Crippen LogP contribution in [0, 0.1) is 11.3 Å². The normalized spacial score (nSPS) is 15.5. The summed E-state index contributed by atoms with van der Waals surface area (Å²) in [6.45, 7) is 11.0. The van der Waals surface area contributed by atoms with Crippen LogP contribution in [0.3, 0.4) is 0 Å². The molecule has 5 nitrogen and oxygen atoms in total. The highest BCUT2D eigenvalue weighted by Crippen LogP contribution is 2.38. The van der Waals surface area contributed by atoms with E-state index in [0.29, 0.717) is 41.8 Å². The Morgan fingerprint density at radius 1 is 1.17 bits per heavy atom. The first-order valence-electron chi connectivity index (χ1n) is 10.2. The van der Waals surface area contributed by atoms with Crippen LogP contribution in [0.2, 0.25) is 0 Å². The van der Waals surface area contributed by atoms with E-state index in [1.165, 1.54) is 5.56 Å². The van der Waals surface area contributed by atoms with E-state index in [9.17, 15) is 9.59 Å². The molecule has 0 bridgehead atoms. The van der Waals surface area contributed by atoms with E-state index in [1.807, 2.05) is 56.3 Å². The van der Waals surface area contributed by atoms with Crippen LogP contribution < -0.4 is 15.0 Å². The van der Waals surface area contributed by atoms with E-state index in [-0.39, 0.29) is 11.8 Å². The molecule has 0 aliphatic carbocycles. The van der Waals surface area contributed by atoms with E-state index in [2.05, 4.69) is 26.1 Å². The third-order valence-electron chi connectivity index (χ3n) is 5.09. The van der Waals surface area contributed by atoms with E-state index < -0.39 is 5.41 Å². The van der Waals surface area contributed by atoms with Gasteiger partial charge < -0.3 is 15.0 Å². The highest BCUT2D eigenvalue weighted by molar-refractivity contribution is 6.05. The van der Waals surface area contributed by atoms with Crippen molar-refractivity contribution in [2.24, 2.45) is 11.3 Å². The van der Waals surface area contributed by atoms with Gasteiger partial charge in [-0.05, 0) is 62.1 Å². The number of rotatable bonds is 5. The van der Waals surface area contributed by atoms with Gasteiger partial charge in [0.15, 0.2) is 0 Å². The van der Waals surface area contributed by atoms with Gasteiger partial charge in [0.05, 0.1) is 11.1 Å². The largest absolute Gasteiger partial charge is 0.490 e. The Morgan fingerprint density at radius 3 is 2.48 bits per heavy atom. The Labute approximate surface area is 173 Å². The number of carbonyl (C=O) groups excluding carboxylic acids is 2. The molecule has 2 aromatic carbocycles. The highest BCUT2D eigenvalue weighted by Gasteiger charge is 2.38. The molecule has 0 radical (unpaired) electrons. The Bertz CT molecular complexity index is 901. The molecule has 2 amide bonds. The van der Waals surface area contributed by atoms with Crippen molar-refractivity contribution in [3.8, 4) is 5.75 Å². The minimum absolute atomic E-state index is 0.0311. The summed E-state index contributed by atoms with van der Waals surface area (Å²) in [4.78, 5) is 27.6. The Hall–Kier alpha value is -2.82. The molecule has 0 spiro atoms. The third-order valence-corrected chi connectivity index (χ3v) is 5.09. The number of ether oxygens (including phenoxy) is 1. The van der Waals surface area contributed by atoms with Gasteiger partial charge in [-0.3, -0.25) is 9.59 Å². The van der Waals surface area contributed by atoms with Crippen LogP contribution in [0.5, 0.6) is 5.75 Å².